The van der Waals surface area contributed by atoms with E-state index in [0.29, 0.717) is 5.75 Å². The van der Waals surface area contributed by atoms with Crippen molar-refractivity contribution in [1.82, 2.24) is 5.32 Å². The lowest BCUT2D eigenvalue weighted by molar-refractivity contribution is -0.128. The number of rotatable bonds is 6. The molecule has 0 aromatic heterocycles. The van der Waals surface area contributed by atoms with Gasteiger partial charge in [-0.3, -0.25) is 4.79 Å². The number of hydrogen-bond donors (Lipinski definition) is 2. The van der Waals surface area contributed by atoms with Crippen LogP contribution in [0.4, 0.5) is 0 Å². The molecule has 2 N–H and O–H groups in total. The summed E-state index contributed by atoms with van der Waals surface area (Å²) in [6.45, 7) is 0. The zero-order valence-electron chi connectivity index (χ0n) is 12.4. The summed E-state index contributed by atoms with van der Waals surface area (Å²) in [7, 11) is 0. The van der Waals surface area contributed by atoms with Crippen LogP contribution in [0.3, 0.4) is 0 Å². The minimum Gasteiger partial charge on any atom is -0.478 e. The Morgan fingerprint density at radius 1 is 1.09 bits per heavy atom. The fraction of sp³-hybridized carbons (Fsp3) is 0.222. The van der Waals surface area contributed by atoms with Crippen molar-refractivity contribution in [2.45, 2.75) is 25.0 Å². The summed E-state index contributed by atoms with van der Waals surface area (Å²) >= 11 is 0. The molecule has 2 aromatic rings. The van der Waals surface area contributed by atoms with Crippen molar-refractivity contribution in [2.24, 2.45) is 0 Å². The molecule has 5 heteroatoms. The van der Waals surface area contributed by atoms with Gasteiger partial charge in [0.2, 0.25) is 6.10 Å². The van der Waals surface area contributed by atoms with Crippen LogP contribution in [0.25, 0.3) is 0 Å². The van der Waals surface area contributed by atoms with Gasteiger partial charge in [-0.2, -0.15) is 0 Å². The van der Waals surface area contributed by atoms with Crippen molar-refractivity contribution in [3.05, 3.63) is 65.7 Å². The largest absolute Gasteiger partial charge is 0.478 e. The zero-order chi connectivity index (χ0) is 16.2. The van der Waals surface area contributed by atoms with E-state index in [1.54, 1.807) is 12.1 Å². The molecule has 118 valence electrons. The van der Waals surface area contributed by atoms with Crippen molar-refractivity contribution >= 4 is 11.9 Å². The van der Waals surface area contributed by atoms with Gasteiger partial charge in [-0.1, -0.05) is 36.4 Å². The lowest BCUT2D eigenvalue weighted by atomic mass is 10.1. The van der Waals surface area contributed by atoms with Crippen LogP contribution in [0.15, 0.2) is 54.6 Å². The van der Waals surface area contributed by atoms with Crippen LogP contribution in [0.5, 0.6) is 5.75 Å². The van der Waals surface area contributed by atoms with E-state index in [4.69, 9.17) is 9.84 Å². The standard InChI is InChI=1S/C18H17NO4/c20-17(19-14-9-10-14)16(12-5-2-1-3-6-12)23-15-8-4-7-13(11-15)18(21)22/h1-8,11,14,16H,9-10H2,(H,19,20)(H,21,22)/t16-/m1/s1. The van der Waals surface area contributed by atoms with Crippen molar-refractivity contribution in [3.8, 4) is 5.75 Å². The molecule has 1 fully saturated rings. The molecule has 0 radical (unpaired) electrons. The molecule has 0 spiro atoms. The number of carboxylic acid groups (broad SMARTS) is 1. The summed E-state index contributed by atoms with van der Waals surface area (Å²) in [5, 5.41) is 12.0. The van der Waals surface area contributed by atoms with Crippen molar-refractivity contribution in [3.63, 3.8) is 0 Å². The minimum atomic E-state index is -1.03. The highest BCUT2D eigenvalue weighted by atomic mass is 16.5. The van der Waals surface area contributed by atoms with Gasteiger partial charge in [-0.05, 0) is 31.0 Å². The number of carboxylic acids is 1. The lowest BCUT2D eigenvalue weighted by Gasteiger charge is -2.19. The molecule has 0 saturated heterocycles. The molecule has 1 saturated carbocycles. The SMILES string of the molecule is O=C(O)c1cccc(O[C@@H](C(=O)NC2CC2)c2ccccc2)c1. The summed E-state index contributed by atoms with van der Waals surface area (Å²) in [5.74, 6) is -0.890. The minimum absolute atomic E-state index is 0.122. The number of nitrogens with one attached hydrogen (secondary N) is 1. The molecule has 1 aliphatic carbocycles. The van der Waals surface area contributed by atoms with Gasteiger partial charge in [0.1, 0.15) is 5.75 Å². The first-order chi connectivity index (χ1) is 11.1. The molecular formula is C18H17NO4. The third-order valence-corrected chi connectivity index (χ3v) is 3.60. The average molecular weight is 311 g/mol. The zero-order valence-corrected chi connectivity index (χ0v) is 12.4. The average Bonchev–Trinajstić information content (AvgIpc) is 3.37. The number of amides is 1. The Kier molecular flexibility index (Phi) is 4.28. The Morgan fingerprint density at radius 3 is 2.48 bits per heavy atom. The van der Waals surface area contributed by atoms with Crippen LogP contribution >= 0.6 is 0 Å². The van der Waals surface area contributed by atoms with Crippen LogP contribution < -0.4 is 10.1 Å². The molecule has 3 rings (SSSR count). The van der Waals surface area contributed by atoms with E-state index < -0.39 is 12.1 Å². The Hall–Kier alpha value is -2.82. The van der Waals surface area contributed by atoms with E-state index in [9.17, 15) is 9.59 Å². The number of benzene rings is 2. The highest BCUT2D eigenvalue weighted by molar-refractivity contribution is 5.88. The van der Waals surface area contributed by atoms with Crippen LogP contribution in [0, 0.1) is 0 Å². The summed E-state index contributed by atoms with van der Waals surface area (Å²) in [5.41, 5.74) is 0.850. The molecule has 23 heavy (non-hydrogen) atoms. The second-order valence-corrected chi connectivity index (χ2v) is 5.52. The number of carbonyl (C=O) groups is 2. The second-order valence-electron chi connectivity index (χ2n) is 5.52. The van der Waals surface area contributed by atoms with E-state index >= 15 is 0 Å². The van der Waals surface area contributed by atoms with Gasteiger partial charge in [-0.15, -0.1) is 0 Å². The van der Waals surface area contributed by atoms with E-state index in [-0.39, 0.29) is 17.5 Å². The van der Waals surface area contributed by atoms with Crippen molar-refractivity contribution < 1.29 is 19.4 Å². The summed E-state index contributed by atoms with van der Waals surface area (Å²) in [6, 6.07) is 15.5. The van der Waals surface area contributed by atoms with E-state index in [2.05, 4.69) is 5.32 Å². The Labute approximate surface area is 133 Å². The molecule has 1 atom stereocenters. The number of hydrogen-bond acceptors (Lipinski definition) is 3. The van der Waals surface area contributed by atoms with E-state index in [0.717, 1.165) is 18.4 Å². The number of ether oxygens (including phenoxy) is 1. The molecule has 0 bridgehead atoms. The first kappa shape index (κ1) is 15.1. The molecule has 0 unspecified atom stereocenters. The smallest absolute Gasteiger partial charge is 0.335 e. The van der Waals surface area contributed by atoms with Gasteiger partial charge < -0.3 is 15.2 Å². The fourth-order valence-corrected chi connectivity index (χ4v) is 2.24. The monoisotopic (exact) mass is 311 g/mol. The Balaban J connectivity index is 1.84. The highest BCUT2D eigenvalue weighted by Crippen LogP contribution is 2.25. The highest BCUT2D eigenvalue weighted by Gasteiger charge is 2.29. The second kappa shape index (κ2) is 6.52. The normalized spacial score (nSPS) is 14.8. The van der Waals surface area contributed by atoms with E-state index in [1.807, 2.05) is 30.3 Å². The Bertz CT molecular complexity index is 710. The van der Waals surface area contributed by atoms with Crippen molar-refractivity contribution in [2.75, 3.05) is 0 Å². The molecule has 1 aliphatic rings. The molecular weight excluding hydrogens is 294 g/mol. The predicted octanol–water partition coefficient (Wildman–Crippen LogP) is 2.78. The third kappa shape index (κ3) is 3.88. The fourth-order valence-electron chi connectivity index (χ4n) is 2.24. The van der Waals surface area contributed by atoms with Gasteiger partial charge >= 0.3 is 5.97 Å². The maximum absolute atomic E-state index is 12.5. The summed E-state index contributed by atoms with van der Waals surface area (Å²) < 4.78 is 5.81. The molecule has 2 aromatic carbocycles. The van der Waals surface area contributed by atoms with Crippen LogP contribution in [-0.4, -0.2) is 23.0 Å². The predicted molar refractivity (Wildman–Crippen MR) is 84.4 cm³/mol. The van der Waals surface area contributed by atoms with Gasteiger partial charge in [0.05, 0.1) is 5.56 Å². The summed E-state index contributed by atoms with van der Waals surface area (Å²) in [6.07, 6.45) is 1.17. The number of aromatic carboxylic acids is 1. The van der Waals surface area contributed by atoms with Gasteiger partial charge in [0.15, 0.2) is 0 Å². The molecule has 0 aliphatic heterocycles. The molecule has 1 amide bonds. The topological polar surface area (TPSA) is 75.6 Å². The lowest BCUT2D eigenvalue weighted by Crippen LogP contribution is -2.33. The molecule has 5 nitrogen and oxygen atoms in total. The van der Waals surface area contributed by atoms with Gasteiger partial charge in [-0.25, -0.2) is 4.79 Å². The maximum Gasteiger partial charge on any atom is 0.335 e. The van der Waals surface area contributed by atoms with Crippen molar-refractivity contribution in [1.29, 1.82) is 0 Å². The molecule has 0 heterocycles. The first-order valence-electron chi connectivity index (χ1n) is 7.49. The number of carbonyl (C=O) groups excluding carboxylic acids is 1. The van der Waals surface area contributed by atoms with Crippen LogP contribution in [0.1, 0.15) is 34.9 Å². The third-order valence-electron chi connectivity index (χ3n) is 3.60. The summed E-state index contributed by atoms with van der Waals surface area (Å²) in [4.78, 5) is 23.5. The van der Waals surface area contributed by atoms with Gasteiger partial charge in [0.25, 0.3) is 5.91 Å². The quantitative estimate of drug-likeness (QED) is 0.860. The first-order valence-corrected chi connectivity index (χ1v) is 7.49. The van der Waals surface area contributed by atoms with E-state index in [1.165, 1.54) is 12.1 Å². The van der Waals surface area contributed by atoms with Crippen LogP contribution in [0.2, 0.25) is 0 Å². The van der Waals surface area contributed by atoms with Gasteiger partial charge in [0, 0.05) is 11.6 Å². The Morgan fingerprint density at radius 2 is 1.83 bits per heavy atom. The van der Waals surface area contributed by atoms with Crippen LogP contribution in [-0.2, 0) is 4.79 Å². The maximum atomic E-state index is 12.5.